The summed E-state index contributed by atoms with van der Waals surface area (Å²) in [6, 6.07) is 6.08. The van der Waals surface area contributed by atoms with Crippen LogP contribution in [0.4, 0.5) is 11.4 Å². The van der Waals surface area contributed by atoms with Crippen LogP contribution in [0, 0.1) is 0 Å². The van der Waals surface area contributed by atoms with E-state index in [1.807, 2.05) is 6.92 Å². The molecule has 2 aromatic rings. The van der Waals surface area contributed by atoms with Gasteiger partial charge in [-0.3, -0.25) is 9.59 Å². The Hall–Kier alpha value is -2.20. The molecule has 0 aliphatic carbocycles. The van der Waals surface area contributed by atoms with E-state index in [9.17, 15) is 9.59 Å². The van der Waals surface area contributed by atoms with E-state index in [1.54, 1.807) is 31.2 Å². The molecular formula is C17H24Cl2N6O3. The summed E-state index contributed by atoms with van der Waals surface area (Å²) in [4.78, 5) is 28.4. The van der Waals surface area contributed by atoms with Crippen molar-refractivity contribution in [3.8, 4) is 0 Å². The van der Waals surface area contributed by atoms with E-state index in [-0.39, 0.29) is 48.8 Å². The van der Waals surface area contributed by atoms with Crippen LogP contribution >= 0.6 is 24.8 Å². The van der Waals surface area contributed by atoms with Crippen molar-refractivity contribution in [3.05, 3.63) is 36.9 Å². The van der Waals surface area contributed by atoms with Crippen molar-refractivity contribution in [1.82, 2.24) is 20.1 Å². The Labute approximate surface area is 175 Å². The predicted octanol–water partition coefficient (Wildman–Crippen LogP) is 1.64. The minimum atomic E-state index is -0.476. The molecule has 2 amide bonds. The number of hydrogen-bond donors (Lipinski definition) is 3. The zero-order valence-electron chi connectivity index (χ0n) is 15.5. The Morgan fingerprint density at radius 3 is 2.43 bits per heavy atom. The van der Waals surface area contributed by atoms with Crippen molar-refractivity contribution >= 4 is 48.0 Å². The molecule has 0 saturated carbocycles. The second kappa shape index (κ2) is 11.0. The first kappa shape index (κ1) is 23.8. The summed E-state index contributed by atoms with van der Waals surface area (Å²) in [5, 5.41) is 12.8. The fraction of sp³-hybridized carbons (Fsp3) is 0.412. The molecule has 9 nitrogen and oxygen atoms in total. The quantitative estimate of drug-likeness (QED) is 0.664. The smallest absolute Gasteiger partial charge is 0.249 e. The van der Waals surface area contributed by atoms with Gasteiger partial charge in [-0.1, -0.05) is 0 Å². The number of carbonyl (C=O) groups is 2. The maximum Gasteiger partial charge on any atom is 0.249 e. The first-order chi connectivity index (χ1) is 12.5. The molecule has 1 unspecified atom stereocenters. The molecule has 1 fully saturated rings. The molecule has 11 heteroatoms. The molecule has 3 N–H and O–H groups in total. The van der Waals surface area contributed by atoms with Crippen molar-refractivity contribution in [3.63, 3.8) is 0 Å². The van der Waals surface area contributed by atoms with Gasteiger partial charge in [-0.15, -0.1) is 24.8 Å². The number of morpholine rings is 1. The van der Waals surface area contributed by atoms with Crippen molar-refractivity contribution in [1.29, 1.82) is 0 Å². The number of halogens is 2. The van der Waals surface area contributed by atoms with Crippen molar-refractivity contribution in [2.45, 2.75) is 32.0 Å². The Morgan fingerprint density at radius 1 is 1.21 bits per heavy atom. The second-order valence-electron chi connectivity index (χ2n) is 6.12. The third kappa shape index (κ3) is 5.90. The summed E-state index contributed by atoms with van der Waals surface area (Å²) < 4.78 is 6.96. The first-order valence-corrected chi connectivity index (χ1v) is 8.45. The summed E-state index contributed by atoms with van der Waals surface area (Å²) in [5.41, 5.74) is 1.28. The van der Waals surface area contributed by atoms with Gasteiger partial charge >= 0.3 is 0 Å². The standard InChI is InChI=1S/C17H22N6O3.2ClH/c1-11(23-10-18-9-20-23)16(24)21-13-3-5-14(6-4-13)22-17(25)15-12(2)26-8-7-19-15;;/h3-6,9-12,15,19H,7-8H2,1-2H3,(H,21,24)(H,22,25);2*1H/t11?,12-,15+;;/m1../s1. The van der Waals surface area contributed by atoms with E-state index >= 15 is 0 Å². The van der Waals surface area contributed by atoms with Crippen LogP contribution in [-0.4, -0.2) is 51.9 Å². The zero-order valence-corrected chi connectivity index (χ0v) is 17.1. The summed E-state index contributed by atoms with van der Waals surface area (Å²) >= 11 is 0. The Kier molecular flexibility index (Phi) is 9.33. The Morgan fingerprint density at radius 2 is 1.86 bits per heavy atom. The normalized spacial score (nSPS) is 19.5. The summed E-state index contributed by atoms with van der Waals surface area (Å²) in [6.07, 6.45) is 2.70. The van der Waals surface area contributed by atoms with Gasteiger partial charge in [-0.05, 0) is 38.1 Å². The molecule has 1 aromatic carbocycles. The van der Waals surface area contributed by atoms with Crippen LogP contribution in [0.1, 0.15) is 19.9 Å². The van der Waals surface area contributed by atoms with Gasteiger partial charge in [-0.25, -0.2) is 9.67 Å². The van der Waals surface area contributed by atoms with Gasteiger partial charge in [0.2, 0.25) is 11.8 Å². The number of anilines is 2. The van der Waals surface area contributed by atoms with Crippen molar-refractivity contribution in [2.75, 3.05) is 23.8 Å². The average molecular weight is 431 g/mol. The molecule has 1 aromatic heterocycles. The Balaban J connectivity index is 0.00000196. The molecule has 0 bridgehead atoms. The number of hydrogen-bond acceptors (Lipinski definition) is 6. The number of carbonyl (C=O) groups excluding carboxylic acids is 2. The van der Waals surface area contributed by atoms with E-state index < -0.39 is 6.04 Å². The van der Waals surface area contributed by atoms with Crippen LogP contribution in [0.15, 0.2) is 36.9 Å². The highest BCUT2D eigenvalue weighted by Gasteiger charge is 2.28. The molecule has 1 aliphatic heterocycles. The van der Waals surface area contributed by atoms with Gasteiger partial charge < -0.3 is 20.7 Å². The number of nitrogens with zero attached hydrogens (tertiary/aromatic N) is 3. The lowest BCUT2D eigenvalue weighted by Crippen LogP contribution is -2.53. The van der Waals surface area contributed by atoms with Gasteiger partial charge in [0.1, 0.15) is 24.7 Å². The predicted molar refractivity (Wildman–Crippen MR) is 110 cm³/mol. The third-order valence-corrected chi connectivity index (χ3v) is 4.23. The van der Waals surface area contributed by atoms with Crippen LogP contribution in [-0.2, 0) is 14.3 Å². The van der Waals surface area contributed by atoms with Gasteiger partial charge in [0.25, 0.3) is 0 Å². The number of aromatic nitrogens is 3. The summed E-state index contributed by atoms with van der Waals surface area (Å²) in [7, 11) is 0. The molecule has 1 aliphatic rings. The lowest BCUT2D eigenvalue weighted by molar-refractivity contribution is -0.123. The summed E-state index contributed by atoms with van der Waals surface area (Å²) in [6.45, 7) is 4.86. The molecule has 2 heterocycles. The monoisotopic (exact) mass is 430 g/mol. The van der Waals surface area contributed by atoms with E-state index in [2.05, 4.69) is 26.0 Å². The maximum absolute atomic E-state index is 12.3. The number of rotatable bonds is 5. The maximum atomic E-state index is 12.3. The lowest BCUT2D eigenvalue weighted by atomic mass is 10.1. The minimum Gasteiger partial charge on any atom is -0.375 e. The minimum absolute atomic E-state index is 0. The van der Waals surface area contributed by atoms with E-state index in [4.69, 9.17) is 4.74 Å². The molecule has 0 radical (unpaired) electrons. The number of benzene rings is 1. The highest BCUT2D eigenvalue weighted by molar-refractivity contribution is 5.96. The average Bonchev–Trinajstić information content (AvgIpc) is 3.17. The highest BCUT2D eigenvalue weighted by Crippen LogP contribution is 2.16. The van der Waals surface area contributed by atoms with E-state index in [0.717, 1.165) is 0 Å². The molecular weight excluding hydrogens is 407 g/mol. The molecule has 154 valence electrons. The molecule has 28 heavy (non-hydrogen) atoms. The van der Waals surface area contributed by atoms with Crippen LogP contribution in [0.25, 0.3) is 0 Å². The molecule has 1 saturated heterocycles. The molecule has 3 rings (SSSR count). The van der Waals surface area contributed by atoms with Crippen molar-refractivity contribution < 1.29 is 14.3 Å². The van der Waals surface area contributed by atoms with Gasteiger partial charge in [0.05, 0.1) is 12.7 Å². The first-order valence-electron chi connectivity index (χ1n) is 8.45. The number of nitrogens with one attached hydrogen (secondary N) is 3. The van der Waals surface area contributed by atoms with E-state index in [0.29, 0.717) is 24.5 Å². The molecule has 3 atom stereocenters. The topological polar surface area (TPSA) is 110 Å². The van der Waals surface area contributed by atoms with Gasteiger partial charge in [0, 0.05) is 17.9 Å². The van der Waals surface area contributed by atoms with Gasteiger partial charge in [0.15, 0.2) is 0 Å². The zero-order chi connectivity index (χ0) is 18.5. The third-order valence-electron chi connectivity index (χ3n) is 4.23. The van der Waals surface area contributed by atoms with Crippen LogP contribution in [0.2, 0.25) is 0 Å². The Bertz CT molecular complexity index is 757. The number of ether oxygens (including phenoxy) is 1. The van der Waals surface area contributed by atoms with E-state index in [1.165, 1.54) is 17.3 Å². The van der Waals surface area contributed by atoms with Crippen LogP contribution in [0.5, 0.6) is 0 Å². The van der Waals surface area contributed by atoms with Crippen molar-refractivity contribution in [2.24, 2.45) is 0 Å². The molecule has 0 spiro atoms. The van der Waals surface area contributed by atoms with Crippen LogP contribution in [0.3, 0.4) is 0 Å². The number of amides is 2. The second-order valence-corrected chi connectivity index (χ2v) is 6.12. The van der Waals surface area contributed by atoms with Gasteiger partial charge in [-0.2, -0.15) is 5.10 Å². The van der Waals surface area contributed by atoms with Crippen LogP contribution < -0.4 is 16.0 Å². The fourth-order valence-electron chi connectivity index (χ4n) is 2.67. The largest absolute Gasteiger partial charge is 0.375 e. The SMILES string of the molecule is CC(C(=O)Nc1ccc(NC(=O)[C@H]2NCCO[C@@H]2C)cc1)n1cncn1.Cl.Cl. The summed E-state index contributed by atoms with van der Waals surface area (Å²) in [5.74, 6) is -0.349. The fourth-order valence-corrected chi connectivity index (χ4v) is 2.67. The highest BCUT2D eigenvalue weighted by atomic mass is 35.5. The lowest BCUT2D eigenvalue weighted by Gasteiger charge is -2.29.